The van der Waals surface area contributed by atoms with Crippen LogP contribution in [0.5, 0.6) is 0 Å². The summed E-state index contributed by atoms with van der Waals surface area (Å²) < 4.78 is 10.9. The first kappa shape index (κ1) is 21.6. The summed E-state index contributed by atoms with van der Waals surface area (Å²) in [6.07, 6.45) is 1.74. The molecule has 0 spiro atoms. The number of nitrogens with zero attached hydrogens (tertiary/aromatic N) is 1. The first-order valence-electron chi connectivity index (χ1n) is 9.79. The van der Waals surface area contributed by atoms with Crippen LogP contribution in [0.15, 0.2) is 42.6 Å². The van der Waals surface area contributed by atoms with E-state index in [9.17, 15) is 4.79 Å². The molecule has 3 aromatic rings. The number of hydrogen-bond acceptors (Lipinski definition) is 4. The molecule has 0 aliphatic rings. The average molecular weight is 431 g/mol. The third-order valence-electron chi connectivity index (χ3n) is 4.63. The van der Waals surface area contributed by atoms with E-state index in [-0.39, 0.29) is 5.97 Å². The summed E-state index contributed by atoms with van der Waals surface area (Å²) >= 11 is 6.55. The number of ether oxygens (including phenoxy) is 2. The van der Waals surface area contributed by atoms with Crippen LogP contribution in [0.4, 0.5) is 0 Å². The summed E-state index contributed by atoms with van der Waals surface area (Å²) in [5.41, 5.74) is 3.52. The topological polar surface area (TPSA) is 64.2 Å². The highest BCUT2D eigenvalue weighted by Gasteiger charge is 2.18. The molecule has 154 valence electrons. The number of esters is 1. The number of H-pyrrole nitrogens is 1. The Bertz CT molecular complexity index is 980. The van der Waals surface area contributed by atoms with Crippen molar-refractivity contribution in [1.82, 2.24) is 9.97 Å². The highest BCUT2D eigenvalue weighted by Crippen LogP contribution is 2.32. The van der Waals surface area contributed by atoms with E-state index in [1.54, 1.807) is 25.3 Å². The Kier molecular flexibility index (Phi) is 6.77. The second kappa shape index (κ2) is 9.11. The van der Waals surface area contributed by atoms with Gasteiger partial charge >= 0.3 is 5.97 Å². The van der Waals surface area contributed by atoms with Crippen LogP contribution >= 0.6 is 11.6 Å². The van der Waals surface area contributed by atoms with Crippen molar-refractivity contribution in [2.24, 2.45) is 0 Å². The van der Waals surface area contributed by atoms with E-state index in [2.05, 4.69) is 29.6 Å². The molecule has 0 fully saturated rings. The van der Waals surface area contributed by atoms with Crippen molar-refractivity contribution in [1.29, 1.82) is 0 Å². The van der Waals surface area contributed by atoms with Crippen LogP contribution < -0.4 is 0 Å². The number of benzene rings is 1. The molecule has 0 saturated heterocycles. The van der Waals surface area contributed by atoms with Crippen molar-refractivity contribution in [2.45, 2.75) is 38.2 Å². The maximum atomic E-state index is 11.8. The summed E-state index contributed by atoms with van der Waals surface area (Å²) in [7, 11) is -1.17. The standard InChI is InChI=1S/C22H27ClN2O3Si/c1-5-27-22(26)16-8-6-15(7-9-16)19-14-18-17(10-11-24-21(18)25-19)20(23)28-12-13-29(2,3)4/h6-11,14,20H,5,12-13H2,1-4H3,(H,24,25). The van der Waals surface area contributed by atoms with Crippen molar-refractivity contribution in [3.8, 4) is 11.3 Å². The van der Waals surface area contributed by atoms with Crippen LogP contribution in [0.2, 0.25) is 25.7 Å². The molecule has 0 saturated carbocycles. The Hall–Kier alpha value is -2.15. The quantitative estimate of drug-likeness (QED) is 0.270. The van der Waals surface area contributed by atoms with E-state index in [0.29, 0.717) is 18.8 Å². The fourth-order valence-corrected chi connectivity index (χ4v) is 3.97. The summed E-state index contributed by atoms with van der Waals surface area (Å²) in [6.45, 7) is 9.75. The SMILES string of the molecule is CCOC(=O)c1ccc(-c2cc3c(C(Cl)OCC[Si](C)(C)C)ccnc3[nH]2)cc1. The van der Waals surface area contributed by atoms with Crippen molar-refractivity contribution in [3.63, 3.8) is 0 Å². The van der Waals surface area contributed by atoms with E-state index in [0.717, 1.165) is 33.9 Å². The third-order valence-corrected chi connectivity index (χ3v) is 6.70. The summed E-state index contributed by atoms with van der Waals surface area (Å²) in [5, 5.41) is 0.935. The summed E-state index contributed by atoms with van der Waals surface area (Å²) in [4.78, 5) is 19.6. The van der Waals surface area contributed by atoms with Gasteiger partial charge in [-0.05, 0) is 42.8 Å². The molecule has 29 heavy (non-hydrogen) atoms. The van der Waals surface area contributed by atoms with E-state index in [1.165, 1.54) is 0 Å². The molecule has 1 atom stereocenters. The molecule has 0 aliphatic heterocycles. The number of fused-ring (bicyclic) bond motifs is 1. The molecule has 3 rings (SSSR count). The van der Waals surface area contributed by atoms with Gasteiger partial charge in [0.1, 0.15) is 5.65 Å². The van der Waals surface area contributed by atoms with Crippen LogP contribution in [0.3, 0.4) is 0 Å². The van der Waals surface area contributed by atoms with Crippen molar-refractivity contribution in [3.05, 3.63) is 53.7 Å². The van der Waals surface area contributed by atoms with Crippen molar-refractivity contribution in [2.75, 3.05) is 13.2 Å². The molecular weight excluding hydrogens is 404 g/mol. The van der Waals surface area contributed by atoms with E-state index < -0.39 is 13.6 Å². The Balaban J connectivity index is 1.81. The maximum Gasteiger partial charge on any atom is 0.338 e. The van der Waals surface area contributed by atoms with Gasteiger partial charge in [-0.1, -0.05) is 43.4 Å². The van der Waals surface area contributed by atoms with Crippen LogP contribution in [0, 0.1) is 0 Å². The molecule has 1 aromatic carbocycles. The number of aromatic nitrogens is 2. The predicted molar refractivity (Wildman–Crippen MR) is 120 cm³/mol. The number of nitrogens with one attached hydrogen (secondary N) is 1. The molecule has 0 amide bonds. The maximum absolute atomic E-state index is 11.8. The number of halogens is 1. The Labute approximate surface area is 177 Å². The van der Waals surface area contributed by atoms with Gasteiger partial charge in [-0.15, -0.1) is 0 Å². The van der Waals surface area contributed by atoms with Crippen molar-refractivity contribution >= 4 is 36.7 Å². The number of pyridine rings is 1. The van der Waals surface area contributed by atoms with Crippen LogP contribution in [-0.2, 0) is 9.47 Å². The Morgan fingerprint density at radius 3 is 2.59 bits per heavy atom. The van der Waals surface area contributed by atoms with E-state index in [1.807, 2.05) is 24.3 Å². The highest BCUT2D eigenvalue weighted by molar-refractivity contribution is 6.76. The minimum atomic E-state index is -1.17. The smallest absolute Gasteiger partial charge is 0.338 e. The largest absolute Gasteiger partial charge is 0.462 e. The second-order valence-electron chi connectivity index (χ2n) is 8.14. The normalized spacial score (nSPS) is 12.9. The third kappa shape index (κ3) is 5.47. The molecule has 1 unspecified atom stereocenters. The van der Waals surface area contributed by atoms with Crippen molar-refractivity contribution < 1.29 is 14.3 Å². The molecule has 0 radical (unpaired) electrons. The van der Waals surface area contributed by atoms with Gasteiger partial charge in [-0.3, -0.25) is 0 Å². The van der Waals surface area contributed by atoms with Gasteiger partial charge in [0.05, 0.1) is 12.2 Å². The van der Waals surface area contributed by atoms with E-state index >= 15 is 0 Å². The molecule has 0 bridgehead atoms. The van der Waals surface area contributed by atoms with E-state index in [4.69, 9.17) is 21.1 Å². The number of aromatic amines is 1. The van der Waals surface area contributed by atoms with Gasteiger partial charge in [0.25, 0.3) is 0 Å². The first-order valence-corrected chi connectivity index (χ1v) is 13.9. The zero-order valence-electron chi connectivity index (χ0n) is 17.3. The number of hydrogen-bond donors (Lipinski definition) is 1. The summed E-state index contributed by atoms with van der Waals surface area (Å²) in [5.74, 6) is -0.319. The first-order chi connectivity index (χ1) is 13.8. The lowest BCUT2D eigenvalue weighted by atomic mass is 10.1. The Morgan fingerprint density at radius 1 is 1.21 bits per heavy atom. The minimum Gasteiger partial charge on any atom is -0.462 e. The lowest BCUT2D eigenvalue weighted by Crippen LogP contribution is -2.21. The number of carbonyl (C=O) groups excluding carboxylic acids is 1. The van der Waals surface area contributed by atoms with Crippen LogP contribution in [0.1, 0.15) is 28.4 Å². The predicted octanol–water partition coefficient (Wildman–Crippen LogP) is 6.00. The van der Waals surface area contributed by atoms with Gasteiger partial charge in [0, 0.05) is 37.5 Å². The van der Waals surface area contributed by atoms with Gasteiger partial charge in [0.15, 0.2) is 5.56 Å². The molecular formula is C22H27ClN2O3Si. The number of rotatable bonds is 8. The monoisotopic (exact) mass is 430 g/mol. The number of carbonyl (C=O) groups is 1. The molecule has 1 N–H and O–H groups in total. The molecule has 0 aliphatic carbocycles. The lowest BCUT2D eigenvalue weighted by Gasteiger charge is -2.18. The lowest BCUT2D eigenvalue weighted by molar-refractivity contribution is 0.0526. The average Bonchev–Trinajstić information content (AvgIpc) is 3.11. The second-order valence-corrected chi connectivity index (χ2v) is 14.2. The van der Waals surface area contributed by atoms with Gasteiger partial charge in [-0.2, -0.15) is 0 Å². The highest BCUT2D eigenvalue weighted by atomic mass is 35.5. The molecule has 2 heterocycles. The molecule has 2 aromatic heterocycles. The van der Waals surface area contributed by atoms with Crippen LogP contribution in [0.25, 0.3) is 22.3 Å². The fraction of sp³-hybridized carbons (Fsp3) is 0.364. The van der Waals surface area contributed by atoms with Gasteiger partial charge < -0.3 is 14.5 Å². The van der Waals surface area contributed by atoms with Crippen LogP contribution in [-0.4, -0.2) is 37.2 Å². The molecule has 5 nitrogen and oxygen atoms in total. The van der Waals surface area contributed by atoms with Gasteiger partial charge in [0.2, 0.25) is 0 Å². The molecule has 7 heteroatoms. The summed E-state index contributed by atoms with van der Waals surface area (Å²) in [6, 6.07) is 12.3. The zero-order valence-corrected chi connectivity index (χ0v) is 19.0. The zero-order chi connectivity index (χ0) is 21.0. The minimum absolute atomic E-state index is 0.319. The Morgan fingerprint density at radius 2 is 1.93 bits per heavy atom. The van der Waals surface area contributed by atoms with Gasteiger partial charge in [-0.25, -0.2) is 9.78 Å². The fourth-order valence-electron chi connectivity index (χ4n) is 2.96. The number of alkyl halides is 1.